The first kappa shape index (κ1) is 25.5. The first-order valence-electron chi connectivity index (χ1n) is 12.0. The van der Waals surface area contributed by atoms with Crippen LogP contribution in [0.15, 0.2) is 66.3 Å². The second-order valence-corrected chi connectivity index (χ2v) is 8.81. The summed E-state index contributed by atoms with van der Waals surface area (Å²) in [5, 5.41) is 2.95. The third kappa shape index (κ3) is 6.69. The number of nitrogens with one attached hydrogen (secondary N) is 1. The largest absolute Gasteiger partial charge is 0.363 e. The Labute approximate surface area is 201 Å². The number of halogens is 2. The fourth-order valence-electron chi connectivity index (χ4n) is 4.06. The number of unbranched alkanes of at least 4 members (excludes halogenated alkanes) is 2. The number of aromatic nitrogens is 1. The van der Waals surface area contributed by atoms with Gasteiger partial charge in [0.1, 0.15) is 5.82 Å². The van der Waals surface area contributed by atoms with Crippen molar-refractivity contribution in [3.63, 3.8) is 0 Å². The summed E-state index contributed by atoms with van der Waals surface area (Å²) in [5.41, 5.74) is 3.41. The number of amides is 1. The van der Waals surface area contributed by atoms with Gasteiger partial charge in [-0.15, -0.1) is 0 Å². The highest BCUT2D eigenvalue weighted by Crippen LogP contribution is 2.27. The van der Waals surface area contributed by atoms with Crippen LogP contribution in [0.25, 0.3) is 6.08 Å². The van der Waals surface area contributed by atoms with Crippen molar-refractivity contribution in [3.8, 4) is 0 Å². The van der Waals surface area contributed by atoms with Gasteiger partial charge in [0.2, 0.25) is 0 Å². The van der Waals surface area contributed by atoms with Crippen LogP contribution in [0.4, 0.5) is 14.6 Å². The van der Waals surface area contributed by atoms with Gasteiger partial charge in [-0.3, -0.25) is 4.79 Å². The van der Waals surface area contributed by atoms with Gasteiger partial charge >= 0.3 is 0 Å². The summed E-state index contributed by atoms with van der Waals surface area (Å²) in [7, 11) is 3.87. The molecule has 1 N–H and O–H groups in total. The van der Waals surface area contributed by atoms with E-state index in [1.807, 2.05) is 43.3 Å². The topological polar surface area (TPSA) is 37.3 Å². The second kappa shape index (κ2) is 12.4. The van der Waals surface area contributed by atoms with Crippen LogP contribution in [0, 0.1) is 0 Å². The molecule has 0 saturated heterocycles. The number of rotatable bonds is 11. The Balaban J connectivity index is 1.82. The van der Waals surface area contributed by atoms with Crippen LogP contribution < -0.4 is 10.2 Å². The molecule has 0 radical (unpaired) electrons. The zero-order chi connectivity index (χ0) is 24.5. The van der Waals surface area contributed by atoms with Crippen molar-refractivity contribution in [3.05, 3.63) is 83.1 Å². The van der Waals surface area contributed by atoms with Crippen molar-refractivity contribution in [1.29, 1.82) is 0 Å². The van der Waals surface area contributed by atoms with E-state index in [-0.39, 0.29) is 5.91 Å². The minimum absolute atomic E-state index is 0.181. The van der Waals surface area contributed by atoms with Crippen LogP contribution in [-0.2, 0) is 6.54 Å². The van der Waals surface area contributed by atoms with E-state index < -0.39 is 12.3 Å². The molecule has 1 aromatic heterocycles. The SMILES string of the molecule is CCCC/C=C/c1cc(C(=O)NCCC2=CC(F)C(F)C=C2)c(N(C)C)n1Cc1ccccc1. The minimum Gasteiger partial charge on any atom is -0.363 e. The molecule has 6 heteroatoms. The van der Waals surface area contributed by atoms with Crippen LogP contribution in [0.2, 0.25) is 0 Å². The smallest absolute Gasteiger partial charge is 0.255 e. The van der Waals surface area contributed by atoms with Gasteiger partial charge in [-0.05, 0) is 48.3 Å². The van der Waals surface area contributed by atoms with Crippen molar-refractivity contribution in [2.45, 2.75) is 51.5 Å². The van der Waals surface area contributed by atoms with Gasteiger partial charge in [0.25, 0.3) is 5.91 Å². The standard InChI is InChI=1S/C28H35F2N3O/c1-4-5-6-10-13-23-19-24(27(34)31-17-16-21-14-15-25(29)26(30)18-21)28(32(2)3)33(23)20-22-11-8-7-9-12-22/h7-15,18-19,25-26H,4-6,16-17,20H2,1-3H3,(H,31,34)/b13-10+. The third-order valence-corrected chi connectivity index (χ3v) is 5.84. The monoisotopic (exact) mass is 467 g/mol. The summed E-state index contributed by atoms with van der Waals surface area (Å²) in [4.78, 5) is 15.1. The quantitative estimate of drug-likeness (QED) is 0.406. The third-order valence-electron chi connectivity index (χ3n) is 5.84. The van der Waals surface area contributed by atoms with Crippen molar-refractivity contribution < 1.29 is 13.6 Å². The van der Waals surface area contributed by atoms with E-state index in [2.05, 4.69) is 41.1 Å². The zero-order valence-corrected chi connectivity index (χ0v) is 20.3. The van der Waals surface area contributed by atoms with E-state index in [1.54, 1.807) is 6.08 Å². The summed E-state index contributed by atoms with van der Waals surface area (Å²) in [5.74, 6) is 0.650. The lowest BCUT2D eigenvalue weighted by molar-refractivity contribution is 0.0954. The maximum absolute atomic E-state index is 13.6. The lowest BCUT2D eigenvalue weighted by atomic mass is 10.0. The normalized spacial score (nSPS) is 17.7. The molecule has 0 fully saturated rings. The highest BCUT2D eigenvalue weighted by molar-refractivity contribution is 6.00. The molecule has 1 amide bonds. The molecule has 2 atom stereocenters. The molecular weight excluding hydrogens is 432 g/mol. The highest BCUT2D eigenvalue weighted by atomic mass is 19.2. The summed E-state index contributed by atoms with van der Waals surface area (Å²) >= 11 is 0. The molecule has 182 valence electrons. The van der Waals surface area contributed by atoms with E-state index >= 15 is 0 Å². The van der Waals surface area contributed by atoms with Gasteiger partial charge < -0.3 is 14.8 Å². The van der Waals surface area contributed by atoms with Gasteiger partial charge in [0, 0.05) is 32.9 Å². The van der Waals surface area contributed by atoms with E-state index in [0.717, 1.165) is 36.3 Å². The zero-order valence-electron chi connectivity index (χ0n) is 20.3. The fourth-order valence-corrected chi connectivity index (χ4v) is 4.06. The summed E-state index contributed by atoms with van der Waals surface area (Å²) in [6.45, 7) is 3.16. The number of carbonyl (C=O) groups is 1. The number of nitrogens with zero attached hydrogens (tertiary/aromatic N) is 2. The molecule has 0 spiro atoms. The Kier molecular flexibility index (Phi) is 9.25. The molecule has 0 bridgehead atoms. The van der Waals surface area contributed by atoms with Crippen molar-refractivity contribution >= 4 is 17.8 Å². The molecule has 3 rings (SSSR count). The molecule has 2 aromatic rings. The highest BCUT2D eigenvalue weighted by Gasteiger charge is 2.22. The predicted molar refractivity (Wildman–Crippen MR) is 137 cm³/mol. The molecule has 4 nitrogen and oxygen atoms in total. The van der Waals surface area contributed by atoms with Gasteiger partial charge in [-0.25, -0.2) is 8.78 Å². The van der Waals surface area contributed by atoms with E-state index in [9.17, 15) is 13.6 Å². The first-order valence-corrected chi connectivity index (χ1v) is 12.0. The molecule has 34 heavy (non-hydrogen) atoms. The summed E-state index contributed by atoms with van der Waals surface area (Å²) in [6.07, 6.45) is 8.84. The number of allylic oxidation sites excluding steroid dienone is 4. The Morgan fingerprint density at radius 2 is 1.94 bits per heavy atom. The second-order valence-electron chi connectivity index (χ2n) is 8.81. The van der Waals surface area contributed by atoms with Crippen LogP contribution in [0.1, 0.15) is 54.2 Å². The summed E-state index contributed by atoms with van der Waals surface area (Å²) in [6, 6.07) is 12.1. The Bertz CT molecular complexity index is 1040. The maximum atomic E-state index is 13.6. The average Bonchev–Trinajstić information content (AvgIpc) is 3.18. The van der Waals surface area contributed by atoms with Crippen LogP contribution in [-0.4, -0.2) is 43.5 Å². The number of benzene rings is 1. The molecule has 0 saturated carbocycles. The van der Waals surface area contributed by atoms with Gasteiger partial charge in [-0.1, -0.05) is 62.2 Å². The fraction of sp³-hybridized carbons (Fsp3) is 0.393. The van der Waals surface area contributed by atoms with Gasteiger partial charge in [0.05, 0.1) is 5.56 Å². The molecular formula is C28H35F2N3O. The number of alkyl halides is 2. The minimum atomic E-state index is -1.62. The van der Waals surface area contributed by atoms with E-state index in [1.165, 1.54) is 12.2 Å². The number of hydrogen-bond acceptors (Lipinski definition) is 2. The molecule has 1 aliphatic carbocycles. The molecule has 1 aromatic carbocycles. The van der Waals surface area contributed by atoms with Crippen LogP contribution >= 0.6 is 0 Å². The number of hydrogen-bond donors (Lipinski definition) is 1. The molecule has 1 heterocycles. The molecule has 1 aliphatic rings. The van der Waals surface area contributed by atoms with Crippen molar-refractivity contribution in [1.82, 2.24) is 9.88 Å². The Morgan fingerprint density at radius 3 is 2.62 bits per heavy atom. The van der Waals surface area contributed by atoms with Crippen molar-refractivity contribution in [2.75, 3.05) is 25.5 Å². The van der Waals surface area contributed by atoms with Gasteiger partial charge in [-0.2, -0.15) is 0 Å². The van der Waals surface area contributed by atoms with Gasteiger partial charge in [0.15, 0.2) is 12.3 Å². The maximum Gasteiger partial charge on any atom is 0.255 e. The van der Waals surface area contributed by atoms with E-state index in [0.29, 0.717) is 30.6 Å². The lowest BCUT2D eigenvalue weighted by Crippen LogP contribution is -2.27. The molecule has 0 aliphatic heterocycles. The average molecular weight is 468 g/mol. The van der Waals surface area contributed by atoms with Crippen LogP contribution in [0.3, 0.4) is 0 Å². The van der Waals surface area contributed by atoms with E-state index in [4.69, 9.17) is 0 Å². The number of anilines is 1. The van der Waals surface area contributed by atoms with Crippen LogP contribution in [0.5, 0.6) is 0 Å². The lowest BCUT2D eigenvalue weighted by Gasteiger charge is -2.20. The van der Waals surface area contributed by atoms with Crippen molar-refractivity contribution in [2.24, 2.45) is 0 Å². The predicted octanol–water partition coefficient (Wildman–Crippen LogP) is 6.10. The Hall–Kier alpha value is -3.15. The first-order chi connectivity index (χ1) is 16.4. The molecule has 2 unspecified atom stereocenters. The number of carbonyl (C=O) groups excluding carboxylic acids is 1. The Morgan fingerprint density at radius 1 is 1.18 bits per heavy atom. The summed E-state index contributed by atoms with van der Waals surface area (Å²) < 4.78 is 29.0.